The molecule has 1 N–H and O–H groups in total. The van der Waals surface area contributed by atoms with Crippen molar-refractivity contribution in [3.63, 3.8) is 0 Å². The van der Waals surface area contributed by atoms with Crippen molar-refractivity contribution in [1.29, 1.82) is 0 Å². The molecule has 2 aromatic carbocycles. The van der Waals surface area contributed by atoms with E-state index in [0.717, 1.165) is 19.6 Å². The minimum atomic E-state index is -0.874. The number of amides is 1. The van der Waals surface area contributed by atoms with E-state index in [1.807, 2.05) is 18.2 Å². The largest absolute Gasteiger partial charge is 0.507 e. The average molecular weight is 488 g/mol. The van der Waals surface area contributed by atoms with Gasteiger partial charge in [-0.3, -0.25) is 24.6 Å². The van der Waals surface area contributed by atoms with E-state index in [1.54, 1.807) is 12.1 Å². The first-order valence-electron chi connectivity index (χ1n) is 11.8. The molecule has 1 amide bonds. The van der Waals surface area contributed by atoms with Crippen molar-refractivity contribution in [3.05, 3.63) is 106 Å². The summed E-state index contributed by atoms with van der Waals surface area (Å²) >= 11 is 0. The van der Waals surface area contributed by atoms with Gasteiger partial charge in [0, 0.05) is 43.4 Å². The Morgan fingerprint density at radius 2 is 1.69 bits per heavy atom. The second kappa shape index (κ2) is 9.79. The van der Waals surface area contributed by atoms with E-state index < -0.39 is 22.7 Å². The molecule has 2 fully saturated rings. The van der Waals surface area contributed by atoms with E-state index >= 15 is 0 Å². The van der Waals surface area contributed by atoms with Crippen LogP contribution in [-0.4, -0.2) is 50.7 Å². The lowest BCUT2D eigenvalue weighted by molar-refractivity contribution is -0.384. The molecule has 0 aliphatic carbocycles. The van der Waals surface area contributed by atoms with E-state index in [9.17, 15) is 24.8 Å². The fourth-order valence-corrected chi connectivity index (χ4v) is 5.05. The standard InChI is InChI=1S/C27H25N3O6/c31-25(19-8-10-21(11-9-19)30(34)35)23-24(22-7-4-16-36-22)29(27(33)26(23)32)20-12-14-28(15-13-20)17-18-5-2-1-3-6-18/h1-11,16,20,24,31H,12-15,17H2/b25-23-. The van der Waals surface area contributed by atoms with Crippen LogP contribution >= 0.6 is 0 Å². The highest BCUT2D eigenvalue weighted by Crippen LogP contribution is 2.42. The molecular weight excluding hydrogens is 462 g/mol. The number of nitro benzene ring substituents is 1. The molecular formula is C27H25N3O6. The van der Waals surface area contributed by atoms with Gasteiger partial charge in [0.1, 0.15) is 17.6 Å². The summed E-state index contributed by atoms with van der Waals surface area (Å²) in [5, 5.41) is 22.1. The summed E-state index contributed by atoms with van der Waals surface area (Å²) in [7, 11) is 0. The van der Waals surface area contributed by atoms with Crippen LogP contribution in [0.25, 0.3) is 5.76 Å². The Labute approximate surface area is 207 Å². The smallest absolute Gasteiger partial charge is 0.296 e. The van der Waals surface area contributed by atoms with Crippen LogP contribution < -0.4 is 0 Å². The highest BCUT2D eigenvalue weighted by atomic mass is 16.6. The molecule has 3 heterocycles. The molecule has 9 heteroatoms. The van der Waals surface area contributed by atoms with Crippen molar-refractivity contribution in [3.8, 4) is 0 Å². The van der Waals surface area contributed by atoms with E-state index in [0.29, 0.717) is 18.6 Å². The molecule has 2 aliphatic heterocycles. The Morgan fingerprint density at radius 3 is 2.31 bits per heavy atom. The molecule has 0 bridgehead atoms. The summed E-state index contributed by atoms with van der Waals surface area (Å²) in [5.74, 6) is -1.47. The van der Waals surface area contributed by atoms with Gasteiger partial charge in [0.05, 0.1) is 16.8 Å². The zero-order valence-corrected chi connectivity index (χ0v) is 19.4. The van der Waals surface area contributed by atoms with Crippen LogP contribution in [0.1, 0.15) is 35.8 Å². The third-order valence-corrected chi connectivity index (χ3v) is 6.84. The number of non-ortho nitro benzene ring substituents is 1. The third-order valence-electron chi connectivity index (χ3n) is 6.84. The number of aliphatic hydroxyl groups is 1. The average Bonchev–Trinajstić information content (AvgIpc) is 3.52. The number of furan rings is 1. The first kappa shape index (κ1) is 23.5. The van der Waals surface area contributed by atoms with E-state index in [2.05, 4.69) is 17.0 Å². The van der Waals surface area contributed by atoms with E-state index in [4.69, 9.17) is 4.42 Å². The number of piperidine rings is 1. The van der Waals surface area contributed by atoms with Gasteiger partial charge in [-0.1, -0.05) is 30.3 Å². The number of carbonyl (C=O) groups excluding carboxylic acids is 2. The fourth-order valence-electron chi connectivity index (χ4n) is 5.05. The maximum absolute atomic E-state index is 13.3. The number of ketones is 1. The van der Waals surface area contributed by atoms with Gasteiger partial charge in [0.2, 0.25) is 0 Å². The van der Waals surface area contributed by atoms with Crippen LogP contribution in [0.2, 0.25) is 0 Å². The number of likely N-dealkylation sites (tertiary alicyclic amines) is 2. The van der Waals surface area contributed by atoms with Gasteiger partial charge >= 0.3 is 0 Å². The summed E-state index contributed by atoms with van der Waals surface area (Å²) in [6, 6.07) is 17.7. The maximum Gasteiger partial charge on any atom is 0.296 e. The summed E-state index contributed by atoms with van der Waals surface area (Å²) in [4.78, 5) is 40.8. The van der Waals surface area contributed by atoms with Crippen LogP contribution in [0.15, 0.2) is 83.0 Å². The molecule has 2 aliphatic rings. The van der Waals surface area contributed by atoms with Gasteiger partial charge in [0.15, 0.2) is 0 Å². The number of hydrogen-bond donors (Lipinski definition) is 1. The summed E-state index contributed by atoms with van der Waals surface area (Å²) in [6.45, 7) is 2.33. The van der Waals surface area contributed by atoms with Crippen LogP contribution in [0.5, 0.6) is 0 Å². The molecule has 2 saturated heterocycles. The molecule has 3 aromatic rings. The number of rotatable bonds is 6. The van der Waals surface area contributed by atoms with Crippen LogP contribution in [0.4, 0.5) is 5.69 Å². The molecule has 36 heavy (non-hydrogen) atoms. The van der Waals surface area contributed by atoms with Gasteiger partial charge in [-0.2, -0.15) is 0 Å². The molecule has 1 aromatic heterocycles. The van der Waals surface area contributed by atoms with Gasteiger partial charge < -0.3 is 14.4 Å². The lowest BCUT2D eigenvalue weighted by atomic mass is 9.97. The lowest BCUT2D eigenvalue weighted by Gasteiger charge is -2.38. The molecule has 0 spiro atoms. The van der Waals surface area contributed by atoms with Crippen molar-refractivity contribution in [2.75, 3.05) is 13.1 Å². The Kier molecular flexibility index (Phi) is 6.39. The minimum Gasteiger partial charge on any atom is -0.507 e. The van der Waals surface area contributed by atoms with Crippen molar-refractivity contribution in [2.45, 2.75) is 31.5 Å². The number of nitrogens with zero attached hydrogens (tertiary/aromatic N) is 3. The first-order chi connectivity index (χ1) is 17.4. The first-order valence-corrected chi connectivity index (χ1v) is 11.8. The normalized spacial score (nSPS) is 20.7. The quantitative estimate of drug-likeness (QED) is 0.181. The van der Waals surface area contributed by atoms with Crippen LogP contribution in [-0.2, 0) is 16.1 Å². The predicted molar refractivity (Wildman–Crippen MR) is 131 cm³/mol. The summed E-state index contributed by atoms with van der Waals surface area (Å²) < 4.78 is 5.61. The van der Waals surface area contributed by atoms with Crippen LogP contribution in [0, 0.1) is 10.1 Å². The van der Waals surface area contributed by atoms with E-state index in [-0.39, 0.29) is 28.6 Å². The zero-order chi connectivity index (χ0) is 25.2. The Balaban J connectivity index is 1.43. The predicted octanol–water partition coefficient (Wildman–Crippen LogP) is 4.27. The van der Waals surface area contributed by atoms with Gasteiger partial charge in [-0.05, 0) is 42.7 Å². The summed E-state index contributed by atoms with van der Waals surface area (Å²) in [6.07, 6.45) is 2.81. The van der Waals surface area contributed by atoms with Crippen molar-refractivity contribution >= 4 is 23.1 Å². The molecule has 0 saturated carbocycles. The lowest BCUT2D eigenvalue weighted by Crippen LogP contribution is -2.46. The minimum absolute atomic E-state index is 0.0736. The third kappa shape index (κ3) is 4.40. The van der Waals surface area contributed by atoms with Crippen molar-refractivity contribution < 1.29 is 24.0 Å². The molecule has 9 nitrogen and oxygen atoms in total. The second-order valence-corrected chi connectivity index (χ2v) is 9.02. The topological polar surface area (TPSA) is 117 Å². The SMILES string of the molecule is O=C1C(=O)N(C2CCN(Cc3ccccc3)CC2)C(c2ccco2)/C1=C(/O)c1ccc([N+](=O)[O-])cc1. The summed E-state index contributed by atoms with van der Waals surface area (Å²) in [5.41, 5.74) is 1.22. The van der Waals surface area contributed by atoms with Gasteiger partial charge in [-0.25, -0.2) is 0 Å². The van der Waals surface area contributed by atoms with Gasteiger partial charge in [-0.15, -0.1) is 0 Å². The second-order valence-electron chi connectivity index (χ2n) is 9.02. The number of hydrogen-bond acceptors (Lipinski definition) is 7. The number of benzene rings is 2. The molecule has 184 valence electrons. The molecule has 1 unspecified atom stereocenters. The van der Waals surface area contributed by atoms with Gasteiger partial charge in [0.25, 0.3) is 17.4 Å². The van der Waals surface area contributed by atoms with Crippen LogP contribution in [0.3, 0.4) is 0 Å². The van der Waals surface area contributed by atoms with Crippen molar-refractivity contribution in [2.24, 2.45) is 0 Å². The zero-order valence-electron chi connectivity index (χ0n) is 19.4. The molecule has 1 atom stereocenters. The number of Topliss-reactive ketones (excluding diaryl/α,β-unsaturated/α-hetero) is 1. The Bertz CT molecular complexity index is 1290. The maximum atomic E-state index is 13.3. The Hall–Kier alpha value is -4.24. The van der Waals surface area contributed by atoms with E-state index in [1.165, 1.54) is 41.0 Å². The Morgan fingerprint density at radius 1 is 1.00 bits per heavy atom. The number of nitro groups is 1. The number of aliphatic hydroxyl groups excluding tert-OH is 1. The molecule has 0 radical (unpaired) electrons. The fraction of sp³-hybridized carbons (Fsp3) is 0.259. The monoisotopic (exact) mass is 487 g/mol. The highest BCUT2D eigenvalue weighted by Gasteiger charge is 2.50. The van der Waals surface area contributed by atoms with Crippen molar-refractivity contribution in [1.82, 2.24) is 9.80 Å². The molecule has 5 rings (SSSR count). The highest BCUT2D eigenvalue weighted by molar-refractivity contribution is 6.46. The number of carbonyl (C=O) groups is 2.